The highest BCUT2D eigenvalue weighted by Crippen LogP contribution is 2.38. The second-order valence-corrected chi connectivity index (χ2v) is 4.84. The number of hydrogen-bond acceptors (Lipinski definition) is 6. The summed E-state index contributed by atoms with van der Waals surface area (Å²) in [6, 6.07) is 7.24. The quantitative estimate of drug-likeness (QED) is 0.775. The summed E-state index contributed by atoms with van der Waals surface area (Å²) in [5.41, 5.74) is 0.973. The van der Waals surface area contributed by atoms with Crippen molar-refractivity contribution in [2.45, 2.75) is 10.2 Å². The summed E-state index contributed by atoms with van der Waals surface area (Å²) in [4.78, 5) is 0. The highest BCUT2D eigenvalue weighted by atomic mass is 33.1. The molecule has 0 saturated heterocycles. The van der Waals surface area contributed by atoms with Crippen molar-refractivity contribution in [1.29, 1.82) is 10.5 Å². The van der Waals surface area contributed by atoms with Gasteiger partial charge >= 0.3 is 0 Å². The molecule has 0 N–H and O–H groups in total. The van der Waals surface area contributed by atoms with Crippen LogP contribution in [0.15, 0.2) is 43.7 Å². The first kappa shape index (κ1) is 10.7. The summed E-state index contributed by atoms with van der Waals surface area (Å²) in [6.07, 6.45) is 2.79. The number of hydrogen-bond donors (Lipinski definition) is 0. The number of furan rings is 2. The van der Waals surface area contributed by atoms with Crippen LogP contribution in [0.4, 0.5) is 0 Å². The molecule has 0 bridgehead atoms. The van der Waals surface area contributed by atoms with Crippen molar-refractivity contribution in [2.24, 2.45) is 0 Å². The summed E-state index contributed by atoms with van der Waals surface area (Å²) in [7, 11) is 2.66. The summed E-state index contributed by atoms with van der Waals surface area (Å²) < 4.78 is 10.2. The zero-order valence-electron chi connectivity index (χ0n) is 7.84. The van der Waals surface area contributed by atoms with Crippen LogP contribution in [-0.2, 0) is 0 Å². The van der Waals surface area contributed by atoms with E-state index in [1.165, 1.54) is 34.1 Å². The summed E-state index contributed by atoms with van der Waals surface area (Å²) in [5.74, 6) is 0. The Morgan fingerprint density at radius 3 is 1.62 bits per heavy atom. The van der Waals surface area contributed by atoms with E-state index in [9.17, 15) is 0 Å². The van der Waals surface area contributed by atoms with Gasteiger partial charge in [-0.2, -0.15) is 10.5 Å². The van der Waals surface area contributed by atoms with Gasteiger partial charge in [0.25, 0.3) is 0 Å². The first-order chi connectivity index (χ1) is 7.81. The molecule has 0 aliphatic heterocycles. The molecule has 4 nitrogen and oxygen atoms in total. The molecule has 2 heterocycles. The van der Waals surface area contributed by atoms with Gasteiger partial charge in [-0.1, -0.05) is 0 Å². The largest absolute Gasteiger partial charge is 0.456 e. The minimum Gasteiger partial charge on any atom is -0.456 e. The Morgan fingerprint density at radius 1 is 0.875 bits per heavy atom. The van der Waals surface area contributed by atoms with Gasteiger partial charge in [0.1, 0.15) is 24.7 Å². The van der Waals surface area contributed by atoms with Gasteiger partial charge in [-0.05, 0) is 21.6 Å². The lowest BCUT2D eigenvalue weighted by molar-refractivity contribution is 0.472. The monoisotopic (exact) mass is 248 g/mol. The molecule has 0 aliphatic carbocycles. The van der Waals surface area contributed by atoms with Crippen LogP contribution in [0.25, 0.3) is 0 Å². The van der Waals surface area contributed by atoms with E-state index in [0.29, 0.717) is 21.3 Å². The smallest absolute Gasteiger partial charge is 0.172 e. The minimum absolute atomic E-state index is 0.486. The highest BCUT2D eigenvalue weighted by Gasteiger charge is 2.06. The molecule has 6 heteroatoms. The van der Waals surface area contributed by atoms with Crippen molar-refractivity contribution in [3.05, 3.63) is 35.8 Å². The van der Waals surface area contributed by atoms with E-state index in [4.69, 9.17) is 19.4 Å². The van der Waals surface area contributed by atoms with Crippen molar-refractivity contribution in [3.63, 3.8) is 0 Å². The molecular formula is C10H4N2O2S2. The molecule has 0 unspecified atom stereocenters. The molecule has 78 valence electrons. The van der Waals surface area contributed by atoms with Crippen LogP contribution in [0.2, 0.25) is 0 Å². The van der Waals surface area contributed by atoms with Crippen molar-refractivity contribution < 1.29 is 8.83 Å². The molecule has 2 rings (SSSR count). The molecule has 0 amide bonds. The lowest BCUT2D eigenvalue weighted by Crippen LogP contribution is -1.61. The average Bonchev–Trinajstić information content (AvgIpc) is 2.95. The summed E-state index contributed by atoms with van der Waals surface area (Å²) in [6.45, 7) is 0. The Hall–Kier alpha value is -1.76. The minimum atomic E-state index is 0.486. The summed E-state index contributed by atoms with van der Waals surface area (Å²) >= 11 is 0. The molecule has 16 heavy (non-hydrogen) atoms. The third-order valence-electron chi connectivity index (χ3n) is 1.61. The fourth-order valence-electron chi connectivity index (χ4n) is 0.920. The van der Waals surface area contributed by atoms with Crippen LogP contribution in [-0.4, -0.2) is 0 Å². The Morgan fingerprint density at radius 2 is 1.31 bits per heavy atom. The van der Waals surface area contributed by atoms with E-state index in [0.717, 1.165) is 0 Å². The van der Waals surface area contributed by atoms with E-state index in [2.05, 4.69) is 0 Å². The molecule has 0 aromatic carbocycles. The lowest BCUT2D eigenvalue weighted by Gasteiger charge is -1.90. The zero-order chi connectivity index (χ0) is 11.4. The molecule has 0 spiro atoms. The Kier molecular flexibility index (Phi) is 3.25. The molecule has 0 atom stereocenters. The number of nitrogens with zero attached hydrogens (tertiary/aromatic N) is 2. The lowest BCUT2D eigenvalue weighted by atomic mass is 10.4. The van der Waals surface area contributed by atoms with Crippen molar-refractivity contribution in [1.82, 2.24) is 0 Å². The normalized spacial score (nSPS) is 9.62. The maximum Gasteiger partial charge on any atom is 0.172 e. The first-order valence-electron chi connectivity index (χ1n) is 4.13. The molecule has 0 fully saturated rings. The fourth-order valence-corrected chi connectivity index (χ4v) is 2.63. The SMILES string of the molecule is N#Cc1coc(SSc2cc(C#N)co2)c1. The maximum atomic E-state index is 8.59. The van der Waals surface area contributed by atoms with Crippen LogP contribution in [0.5, 0.6) is 0 Å². The standard InChI is InChI=1S/C10H4N2O2S2/c11-3-7-1-9(13-5-7)15-16-10-2-8(4-12)6-14-10/h1-2,5-6H. The topological polar surface area (TPSA) is 73.9 Å². The Bertz CT molecular complexity index is 522. The first-order valence-corrected chi connectivity index (χ1v) is 6.28. The molecule has 2 aromatic heterocycles. The van der Waals surface area contributed by atoms with Gasteiger partial charge in [-0.15, -0.1) is 0 Å². The van der Waals surface area contributed by atoms with E-state index in [1.807, 2.05) is 12.1 Å². The van der Waals surface area contributed by atoms with Gasteiger partial charge in [0.2, 0.25) is 0 Å². The second-order valence-electron chi connectivity index (χ2n) is 2.70. The van der Waals surface area contributed by atoms with Gasteiger partial charge in [0, 0.05) is 12.1 Å². The fraction of sp³-hybridized carbons (Fsp3) is 0. The van der Waals surface area contributed by atoms with Crippen LogP contribution in [0.3, 0.4) is 0 Å². The van der Waals surface area contributed by atoms with Gasteiger partial charge in [-0.3, -0.25) is 0 Å². The number of nitriles is 2. The predicted octanol–water partition coefficient (Wildman–Crippen LogP) is 3.42. The molecule has 0 radical (unpaired) electrons. The Balaban J connectivity index is 1.97. The van der Waals surface area contributed by atoms with Crippen molar-refractivity contribution in [2.75, 3.05) is 0 Å². The number of rotatable bonds is 3. The van der Waals surface area contributed by atoms with Crippen molar-refractivity contribution in [3.8, 4) is 12.1 Å². The van der Waals surface area contributed by atoms with Crippen molar-refractivity contribution >= 4 is 21.6 Å². The van der Waals surface area contributed by atoms with Gasteiger partial charge in [0.05, 0.1) is 11.1 Å². The molecule has 0 saturated carbocycles. The Labute approximate surface area is 99.2 Å². The highest BCUT2D eigenvalue weighted by molar-refractivity contribution is 8.76. The third kappa shape index (κ3) is 2.43. The second kappa shape index (κ2) is 4.84. The van der Waals surface area contributed by atoms with Crippen LogP contribution < -0.4 is 0 Å². The molecule has 2 aromatic rings. The van der Waals surface area contributed by atoms with Gasteiger partial charge < -0.3 is 8.83 Å². The van der Waals surface area contributed by atoms with Crippen LogP contribution in [0.1, 0.15) is 11.1 Å². The van der Waals surface area contributed by atoms with Gasteiger partial charge in [-0.25, -0.2) is 0 Å². The molecule has 0 aliphatic rings. The van der Waals surface area contributed by atoms with Crippen LogP contribution >= 0.6 is 21.6 Å². The maximum absolute atomic E-state index is 8.59. The van der Waals surface area contributed by atoms with Crippen LogP contribution in [0, 0.1) is 22.7 Å². The third-order valence-corrected chi connectivity index (χ3v) is 3.69. The average molecular weight is 248 g/mol. The van der Waals surface area contributed by atoms with E-state index in [1.54, 1.807) is 12.1 Å². The van der Waals surface area contributed by atoms with Gasteiger partial charge in [0.15, 0.2) is 10.2 Å². The predicted molar refractivity (Wildman–Crippen MR) is 58.6 cm³/mol. The zero-order valence-corrected chi connectivity index (χ0v) is 9.47. The van der Waals surface area contributed by atoms with E-state index in [-0.39, 0.29) is 0 Å². The summed E-state index contributed by atoms with van der Waals surface area (Å²) in [5, 5.41) is 18.4. The molecular weight excluding hydrogens is 244 g/mol. The van der Waals surface area contributed by atoms with E-state index >= 15 is 0 Å². The van der Waals surface area contributed by atoms with E-state index < -0.39 is 0 Å².